The molecule has 0 aromatic carbocycles. The van der Waals surface area contributed by atoms with Crippen molar-refractivity contribution in [2.24, 2.45) is 10.9 Å². The molecule has 2 unspecified atom stereocenters. The van der Waals surface area contributed by atoms with E-state index in [0.29, 0.717) is 29.3 Å². The molecule has 122 valence electrons. The Morgan fingerprint density at radius 1 is 1.38 bits per heavy atom. The maximum absolute atomic E-state index is 11.5. The van der Waals surface area contributed by atoms with Crippen molar-refractivity contribution < 1.29 is 8.42 Å². The largest absolute Gasteiger partial charge is 0.355 e. The lowest BCUT2D eigenvalue weighted by atomic mass is 10.1. The van der Waals surface area contributed by atoms with Crippen LogP contribution >= 0.6 is 11.8 Å². The summed E-state index contributed by atoms with van der Waals surface area (Å²) in [5, 5.41) is 7.41. The van der Waals surface area contributed by atoms with Crippen LogP contribution in [0.25, 0.3) is 0 Å². The van der Waals surface area contributed by atoms with Gasteiger partial charge in [-0.1, -0.05) is 0 Å². The van der Waals surface area contributed by atoms with Gasteiger partial charge in [-0.25, -0.2) is 8.42 Å². The molecule has 0 amide bonds. The van der Waals surface area contributed by atoms with Crippen LogP contribution in [-0.4, -0.2) is 56.0 Å². The molecule has 2 aliphatic rings. The number of rotatable bonds is 5. The quantitative estimate of drug-likeness (QED) is 0.585. The Balaban J connectivity index is 1.83. The van der Waals surface area contributed by atoms with Crippen LogP contribution in [0.1, 0.15) is 33.1 Å². The summed E-state index contributed by atoms with van der Waals surface area (Å²) in [6.07, 6.45) is 3.33. The number of aliphatic imine (C=N–C) groups is 1. The van der Waals surface area contributed by atoms with E-state index < -0.39 is 9.84 Å². The van der Waals surface area contributed by atoms with Crippen molar-refractivity contribution in [1.29, 1.82) is 0 Å². The third-order valence-corrected chi connectivity index (χ3v) is 7.02. The van der Waals surface area contributed by atoms with Crippen LogP contribution in [0.15, 0.2) is 4.99 Å². The molecule has 2 N–H and O–H groups in total. The van der Waals surface area contributed by atoms with Gasteiger partial charge in [-0.2, -0.15) is 11.8 Å². The monoisotopic (exact) mass is 333 g/mol. The molecule has 0 spiro atoms. The minimum Gasteiger partial charge on any atom is -0.355 e. The minimum absolute atomic E-state index is 0.182. The summed E-state index contributed by atoms with van der Waals surface area (Å²) in [5.41, 5.74) is 0. The highest BCUT2D eigenvalue weighted by Gasteiger charge is 2.27. The predicted molar refractivity (Wildman–Crippen MR) is 90.8 cm³/mol. The molecule has 21 heavy (non-hydrogen) atoms. The summed E-state index contributed by atoms with van der Waals surface area (Å²) in [7, 11) is -2.81. The summed E-state index contributed by atoms with van der Waals surface area (Å²) < 4.78 is 23.0. The number of hydrogen-bond acceptors (Lipinski definition) is 4. The van der Waals surface area contributed by atoms with E-state index in [1.807, 2.05) is 11.8 Å². The first-order valence-corrected chi connectivity index (χ1v) is 10.7. The highest BCUT2D eigenvalue weighted by atomic mass is 32.2. The molecule has 0 aromatic heterocycles. The van der Waals surface area contributed by atoms with E-state index in [0.717, 1.165) is 18.9 Å². The first-order chi connectivity index (χ1) is 9.94. The Labute approximate surface area is 132 Å². The molecule has 0 aromatic rings. The molecule has 2 aliphatic heterocycles. The molecule has 0 saturated carbocycles. The smallest absolute Gasteiger partial charge is 0.191 e. The fourth-order valence-electron chi connectivity index (χ4n) is 2.68. The van der Waals surface area contributed by atoms with Crippen molar-refractivity contribution >= 4 is 27.6 Å². The van der Waals surface area contributed by atoms with Crippen LogP contribution in [0.4, 0.5) is 0 Å². The van der Waals surface area contributed by atoms with Gasteiger partial charge in [0, 0.05) is 24.4 Å². The molecule has 2 saturated heterocycles. The molecule has 5 nitrogen and oxygen atoms in total. The third kappa shape index (κ3) is 6.06. The number of hydrogen-bond donors (Lipinski definition) is 2. The Kier molecular flexibility index (Phi) is 6.22. The Hall–Kier alpha value is -0.430. The van der Waals surface area contributed by atoms with Gasteiger partial charge in [-0.15, -0.1) is 0 Å². The fourth-order valence-corrected chi connectivity index (χ4v) is 5.73. The lowest BCUT2D eigenvalue weighted by molar-refractivity contribution is 0.587. The van der Waals surface area contributed by atoms with Crippen LogP contribution in [0.2, 0.25) is 0 Å². The summed E-state index contributed by atoms with van der Waals surface area (Å²) in [4.78, 5) is 4.59. The molecule has 0 radical (unpaired) electrons. The number of guanidine groups is 1. The topological polar surface area (TPSA) is 70.6 Å². The summed E-state index contributed by atoms with van der Waals surface area (Å²) in [6, 6.07) is 0.319. The van der Waals surface area contributed by atoms with E-state index >= 15 is 0 Å². The van der Waals surface area contributed by atoms with Gasteiger partial charge in [0.2, 0.25) is 0 Å². The number of nitrogens with zero attached hydrogens (tertiary/aromatic N) is 1. The zero-order valence-corrected chi connectivity index (χ0v) is 14.6. The second kappa shape index (κ2) is 7.72. The van der Waals surface area contributed by atoms with Gasteiger partial charge in [0.05, 0.1) is 11.5 Å². The van der Waals surface area contributed by atoms with Crippen LogP contribution in [-0.2, 0) is 9.84 Å². The number of sulfone groups is 1. The molecule has 2 rings (SSSR count). The van der Waals surface area contributed by atoms with Gasteiger partial charge < -0.3 is 10.6 Å². The highest BCUT2D eigenvalue weighted by Crippen LogP contribution is 2.25. The molecule has 0 aliphatic carbocycles. The SMILES string of the molecule is CC(C)NC(=NCC1CCS(=O)(=O)C1)NCC1CCCS1. The van der Waals surface area contributed by atoms with E-state index in [1.54, 1.807) is 0 Å². The second-order valence-electron chi connectivity index (χ2n) is 6.27. The maximum atomic E-state index is 11.5. The standard InChI is InChI=1S/C14H27N3O2S2/c1-11(2)17-14(16-9-13-4-3-6-20-13)15-8-12-5-7-21(18,19)10-12/h11-13H,3-10H2,1-2H3,(H2,15,16,17). The fraction of sp³-hybridized carbons (Fsp3) is 0.929. The lowest BCUT2D eigenvalue weighted by Crippen LogP contribution is -2.43. The molecule has 2 heterocycles. The van der Waals surface area contributed by atoms with E-state index in [1.165, 1.54) is 18.6 Å². The first kappa shape index (κ1) is 16.9. The average Bonchev–Trinajstić information content (AvgIpc) is 3.01. The van der Waals surface area contributed by atoms with Crippen molar-refractivity contribution in [1.82, 2.24) is 10.6 Å². The maximum Gasteiger partial charge on any atom is 0.191 e. The Morgan fingerprint density at radius 3 is 2.76 bits per heavy atom. The van der Waals surface area contributed by atoms with Gasteiger partial charge in [-0.05, 0) is 44.8 Å². The Morgan fingerprint density at radius 2 is 2.19 bits per heavy atom. The van der Waals surface area contributed by atoms with E-state index in [4.69, 9.17) is 0 Å². The van der Waals surface area contributed by atoms with Crippen LogP contribution in [0, 0.1) is 5.92 Å². The zero-order valence-electron chi connectivity index (χ0n) is 13.0. The Bertz CT molecular complexity index is 457. The molecule has 7 heteroatoms. The van der Waals surface area contributed by atoms with Crippen LogP contribution in [0.5, 0.6) is 0 Å². The van der Waals surface area contributed by atoms with Gasteiger partial charge in [-0.3, -0.25) is 4.99 Å². The lowest BCUT2D eigenvalue weighted by Gasteiger charge is -2.18. The van der Waals surface area contributed by atoms with Crippen molar-refractivity contribution in [3.8, 4) is 0 Å². The average molecular weight is 334 g/mol. The molecule has 2 atom stereocenters. The third-order valence-electron chi connectivity index (χ3n) is 3.78. The van der Waals surface area contributed by atoms with Crippen molar-refractivity contribution in [2.45, 2.75) is 44.4 Å². The summed E-state index contributed by atoms with van der Waals surface area (Å²) in [5.74, 6) is 2.88. The van der Waals surface area contributed by atoms with Crippen LogP contribution < -0.4 is 10.6 Å². The second-order valence-corrected chi connectivity index (χ2v) is 9.91. The van der Waals surface area contributed by atoms with Gasteiger partial charge >= 0.3 is 0 Å². The number of nitrogens with one attached hydrogen (secondary N) is 2. The summed E-state index contributed by atoms with van der Waals surface area (Å²) in [6.45, 7) is 5.70. The highest BCUT2D eigenvalue weighted by molar-refractivity contribution is 8.00. The van der Waals surface area contributed by atoms with Crippen molar-refractivity contribution in [3.05, 3.63) is 0 Å². The molecular weight excluding hydrogens is 306 g/mol. The van der Waals surface area contributed by atoms with E-state index in [2.05, 4.69) is 29.5 Å². The van der Waals surface area contributed by atoms with Crippen molar-refractivity contribution in [2.75, 3.05) is 30.3 Å². The molecule has 2 fully saturated rings. The van der Waals surface area contributed by atoms with Gasteiger partial charge in [0.15, 0.2) is 15.8 Å². The predicted octanol–water partition coefficient (Wildman–Crippen LogP) is 1.26. The normalized spacial score (nSPS) is 29.0. The van der Waals surface area contributed by atoms with Crippen molar-refractivity contribution in [3.63, 3.8) is 0 Å². The molecular formula is C14H27N3O2S2. The van der Waals surface area contributed by atoms with Gasteiger partial charge in [0.25, 0.3) is 0 Å². The molecule has 0 bridgehead atoms. The van der Waals surface area contributed by atoms with Crippen LogP contribution in [0.3, 0.4) is 0 Å². The van der Waals surface area contributed by atoms with E-state index in [9.17, 15) is 8.42 Å². The minimum atomic E-state index is -2.81. The zero-order chi connectivity index (χ0) is 15.3. The first-order valence-electron chi connectivity index (χ1n) is 7.81. The van der Waals surface area contributed by atoms with Gasteiger partial charge in [0.1, 0.15) is 0 Å². The number of thioether (sulfide) groups is 1. The van der Waals surface area contributed by atoms with E-state index in [-0.39, 0.29) is 5.92 Å². The summed E-state index contributed by atoms with van der Waals surface area (Å²) >= 11 is 2.02.